The Balaban J connectivity index is 1.71. The van der Waals surface area contributed by atoms with Crippen molar-refractivity contribution >= 4 is 45.3 Å². The van der Waals surface area contributed by atoms with Crippen molar-refractivity contribution in [2.75, 3.05) is 0 Å². The average Bonchev–Trinajstić information content (AvgIpc) is 3.65. The predicted octanol–water partition coefficient (Wildman–Crippen LogP) is 12.1. The van der Waals surface area contributed by atoms with Gasteiger partial charge in [-0.15, -0.1) is 45.3 Å². The second-order valence-corrected chi connectivity index (χ2v) is 16.8. The largest absolute Gasteiger partial charge is 0.139 e. The molecule has 4 heterocycles. The van der Waals surface area contributed by atoms with Crippen molar-refractivity contribution in [3.63, 3.8) is 0 Å². The van der Waals surface area contributed by atoms with Crippen LogP contribution in [0.3, 0.4) is 0 Å². The lowest BCUT2D eigenvalue weighted by Crippen LogP contribution is -2.25. The molecule has 2 atom stereocenters. The highest BCUT2D eigenvalue weighted by Gasteiger charge is 2.56. The van der Waals surface area contributed by atoms with E-state index in [0.717, 1.165) is 6.42 Å². The van der Waals surface area contributed by atoms with Crippen LogP contribution in [0.15, 0.2) is 24.3 Å². The lowest BCUT2D eigenvalue weighted by molar-refractivity contribution is 0.516. The van der Waals surface area contributed by atoms with Crippen LogP contribution in [-0.2, 0) is 10.8 Å². The van der Waals surface area contributed by atoms with Gasteiger partial charge in [0.25, 0.3) is 0 Å². The molecule has 4 aromatic heterocycles. The van der Waals surface area contributed by atoms with E-state index < -0.39 is 0 Å². The molecular formula is C33H40S4. The molecule has 4 heteroatoms. The van der Waals surface area contributed by atoms with Gasteiger partial charge in [0.05, 0.1) is 5.41 Å². The molecule has 0 bridgehead atoms. The molecule has 4 aromatic rings. The highest BCUT2D eigenvalue weighted by atomic mass is 32.1. The molecule has 0 saturated carbocycles. The fourth-order valence-electron chi connectivity index (χ4n) is 6.18. The van der Waals surface area contributed by atoms with Crippen LogP contribution < -0.4 is 0 Å². The molecule has 0 radical (unpaired) electrons. The third-order valence-corrected chi connectivity index (χ3v) is 15.0. The first-order valence-electron chi connectivity index (χ1n) is 14.1. The summed E-state index contributed by atoms with van der Waals surface area (Å²) in [6.45, 7) is 21.4. The Hall–Kier alpha value is -1.20. The summed E-state index contributed by atoms with van der Waals surface area (Å²) in [7, 11) is 0. The van der Waals surface area contributed by atoms with Crippen molar-refractivity contribution in [2.45, 2.75) is 110 Å². The van der Waals surface area contributed by atoms with Gasteiger partial charge in [-0.05, 0) is 82.5 Å². The molecule has 2 unspecified atom stereocenters. The lowest BCUT2D eigenvalue weighted by atomic mass is 9.71. The summed E-state index contributed by atoms with van der Waals surface area (Å²) >= 11 is 8.31. The molecule has 0 nitrogen and oxygen atoms in total. The Morgan fingerprint density at radius 2 is 1.08 bits per heavy atom. The molecule has 0 fully saturated rings. The van der Waals surface area contributed by atoms with E-state index in [9.17, 15) is 0 Å². The summed E-state index contributed by atoms with van der Waals surface area (Å²) in [6, 6.07) is 10.5. The van der Waals surface area contributed by atoms with Crippen LogP contribution in [0.2, 0.25) is 0 Å². The Bertz CT molecular complexity index is 1480. The highest BCUT2D eigenvalue weighted by molar-refractivity contribution is 7.24. The van der Waals surface area contributed by atoms with E-state index in [1.807, 2.05) is 0 Å². The van der Waals surface area contributed by atoms with Crippen LogP contribution in [0, 0.1) is 0 Å². The van der Waals surface area contributed by atoms with Crippen LogP contribution in [0.25, 0.3) is 19.5 Å². The van der Waals surface area contributed by atoms with Crippen LogP contribution in [-0.4, -0.2) is 0 Å². The van der Waals surface area contributed by atoms with Gasteiger partial charge in [0.1, 0.15) is 0 Å². The summed E-state index contributed by atoms with van der Waals surface area (Å²) in [6.07, 6.45) is 3.67. The first kappa shape index (κ1) is 26.0. The molecule has 0 aliphatic heterocycles. The van der Waals surface area contributed by atoms with Crippen LogP contribution in [0.5, 0.6) is 0 Å². The topological polar surface area (TPSA) is 0 Å². The zero-order valence-electron chi connectivity index (χ0n) is 23.8. The first-order chi connectivity index (χ1) is 17.5. The Labute approximate surface area is 239 Å². The molecule has 0 N–H and O–H groups in total. The van der Waals surface area contributed by atoms with Gasteiger partial charge >= 0.3 is 0 Å². The van der Waals surface area contributed by atoms with Gasteiger partial charge in [0, 0.05) is 39.0 Å². The van der Waals surface area contributed by atoms with Crippen molar-refractivity contribution < 1.29 is 0 Å². The maximum Gasteiger partial charge on any atom is 0.0759 e. The standard InChI is InChI=1S/C33H40S4/c1-10-12-19(7)26-15-22-29(36-26)28-20(13-24(34-28)17(3)4)33(22)21-14-25(18(5)6)35-30(21)31-23(33)16-27(37-31)32(8,9)11-2/h13-19H,10-12H2,1-9H3. The number of rotatable bonds is 7. The Kier molecular flexibility index (Phi) is 6.27. The van der Waals surface area contributed by atoms with Crippen molar-refractivity contribution in [1.82, 2.24) is 0 Å². The van der Waals surface area contributed by atoms with Crippen molar-refractivity contribution in [1.29, 1.82) is 0 Å². The van der Waals surface area contributed by atoms with Gasteiger partial charge in [0.15, 0.2) is 0 Å². The molecule has 2 aliphatic rings. The highest BCUT2D eigenvalue weighted by Crippen LogP contribution is 2.69. The fraction of sp³-hybridized carbons (Fsp3) is 0.515. The summed E-state index contributed by atoms with van der Waals surface area (Å²) in [5.74, 6) is 1.73. The number of hydrogen-bond donors (Lipinski definition) is 0. The minimum atomic E-state index is -0.137. The average molecular weight is 565 g/mol. The number of hydrogen-bond acceptors (Lipinski definition) is 4. The van der Waals surface area contributed by atoms with E-state index in [4.69, 9.17) is 0 Å². The molecule has 0 saturated heterocycles. The van der Waals surface area contributed by atoms with Crippen LogP contribution in [0.1, 0.15) is 141 Å². The van der Waals surface area contributed by atoms with Gasteiger partial charge < -0.3 is 0 Å². The third kappa shape index (κ3) is 3.54. The van der Waals surface area contributed by atoms with E-state index in [-0.39, 0.29) is 10.8 Å². The second-order valence-electron chi connectivity index (χ2n) is 12.5. The van der Waals surface area contributed by atoms with Gasteiger partial charge in [-0.25, -0.2) is 0 Å². The molecule has 0 amide bonds. The number of thiophene rings is 4. The molecule has 1 spiro atoms. The van der Waals surface area contributed by atoms with Crippen molar-refractivity contribution in [2.24, 2.45) is 0 Å². The maximum atomic E-state index is 2.63. The lowest BCUT2D eigenvalue weighted by Gasteiger charge is -2.28. The summed E-state index contributed by atoms with van der Waals surface area (Å²) < 4.78 is 0. The Morgan fingerprint density at radius 3 is 1.54 bits per heavy atom. The van der Waals surface area contributed by atoms with E-state index in [1.165, 1.54) is 22.6 Å². The van der Waals surface area contributed by atoms with E-state index in [2.05, 4.69) is 132 Å². The van der Waals surface area contributed by atoms with Gasteiger partial charge in [0.2, 0.25) is 0 Å². The first-order valence-corrected chi connectivity index (χ1v) is 17.4. The number of fused-ring (bicyclic) bond motifs is 10. The monoisotopic (exact) mass is 564 g/mol. The summed E-state index contributed by atoms with van der Waals surface area (Å²) in [4.78, 5) is 12.4. The summed E-state index contributed by atoms with van der Waals surface area (Å²) in [5.41, 5.74) is 6.37. The van der Waals surface area contributed by atoms with Gasteiger partial charge in [-0.3, -0.25) is 0 Å². The van der Waals surface area contributed by atoms with E-state index in [0.29, 0.717) is 17.8 Å². The zero-order valence-corrected chi connectivity index (χ0v) is 27.1. The minimum Gasteiger partial charge on any atom is -0.139 e. The van der Waals surface area contributed by atoms with Crippen molar-refractivity contribution in [3.8, 4) is 19.5 Å². The SMILES string of the molecule is CCCC(C)c1cc2c(s1)-c1sc(C(C)C)cc1C21c2cc(C(C)C)sc2-c2sc(C(C)(C)CC)cc21. The molecule has 37 heavy (non-hydrogen) atoms. The van der Waals surface area contributed by atoms with E-state index in [1.54, 1.807) is 51.5 Å². The molecule has 0 aromatic carbocycles. The quantitative estimate of drug-likeness (QED) is 0.181. The third-order valence-electron chi connectivity index (χ3n) is 8.91. The fourth-order valence-corrected chi connectivity index (χ4v) is 11.6. The summed E-state index contributed by atoms with van der Waals surface area (Å²) in [5, 5.41) is 0. The Morgan fingerprint density at radius 1 is 0.649 bits per heavy atom. The second kappa shape index (κ2) is 8.91. The zero-order chi connectivity index (χ0) is 26.4. The smallest absolute Gasteiger partial charge is 0.0759 e. The van der Waals surface area contributed by atoms with E-state index >= 15 is 0 Å². The normalized spacial score (nSPS) is 18.7. The molecular weight excluding hydrogens is 525 g/mol. The molecule has 2 aliphatic carbocycles. The predicted molar refractivity (Wildman–Crippen MR) is 169 cm³/mol. The minimum absolute atomic E-state index is 0.137. The van der Waals surface area contributed by atoms with Gasteiger partial charge in [-0.1, -0.05) is 68.7 Å². The van der Waals surface area contributed by atoms with Crippen LogP contribution >= 0.6 is 45.3 Å². The maximum absolute atomic E-state index is 2.63. The van der Waals surface area contributed by atoms with Gasteiger partial charge in [-0.2, -0.15) is 0 Å². The van der Waals surface area contributed by atoms with Crippen molar-refractivity contribution in [3.05, 3.63) is 66.0 Å². The molecule has 6 rings (SSSR count). The van der Waals surface area contributed by atoms with Crippen LogP contribution in [0.4, 0.5) is 0 Å². The molecule has 196 valence electrons.